The molecule has 2 aromatic rings. The van der Waals surface area contributed by atoms with Crippen molar-refractivity contribution in [2.75, 3.05) is 6.61 Å². The van der Waals surface area contributed by atoms with Crippen molar-refractivity contribution in [3.8, 4) is 11.1 Å². The third-order valence-corrected chi connectivity index (χ3v) is 9.05. The molecule has 5 rings (SSSR count). The molecule has 1 nitrogen and oxygen atoms in total. The summed E-state index contributed by atoms with van der Waals surface area (Å²) in [6.07, 6.45) is 7.73. The molecule has 5 heteroatoms. The molecule has 1 aliphatic heterocycles. The Hall–Kier alpha value is -1.88. The van der Waals surface area contributed by atoms with E-state index in [9.17, 15) is 0 Å². The second kappa shape index (κ2) is 9.88. The van der Waals surface area contributed by atoms with Crippen molar-refractivity contribution in [2.45, 2.75) is 96.5 Å². The summed E-state index contributed by atoms with van der Waals surface area (Å²) in [6, 6.07) is 3.40. The Balaban J connectivity index is 1.44. The predicted molar refractivity (Wildman–Crippen MR) is 131 cm³/mol. The van der Waals surface area contributed by atoms with Crippen LogP contribution in [-0.2, 0) is 11.2 Å². The molecular formula is C30H36F4O. The number of halogens is 4. The number of fused-ring (bicyclic) bond motifs is 3. The molecule has 2 aromatic carbocycles. The molecule has 2 atom stereocenters. The molecule has 0 bridgehead atoms. The van der Waals surface area contributed by atoms with E-state index < -0.39 is 23.3 Å². The maximum Gasteiger partial charge on any atom is 0.167 e. The van der Waals surface area contributed by atoms with E-state index in [0.29, 0.717) is 47.1 Å². The lowest BCUT2D eigenvalue weighted by molar-refractivity contribution is -0.0335. The minimum atomic E-state index is -1.06. The Morgan fingerprint density at radius 1 is 0.743 bits per heavy atom. The lowest BCUT2D eigenvalue weighted by atomic mass is 9.78. The topological polar surface area (TPSA) is 9.23 Å². The highest BCUT2D eigenvalue weighted by Gasteiger charge is 2.36. The van der Waals surface area contributed by atoms with Crippen molar-refractivity contribution >= 4 is 0 Å². The van der Waals surface area contributed by atoms with Gasteiger partial charge in [-0.1, -0.05) is 58.6 Å². The van der Waals surface area contributed by atoms with Crippen molar-refractivity contribution in [1.82, 2.24) is 0 Å². The highest BCUT2D eigenvalue weighted by atomic mass is 19.2. The van der Waals surface area contributed by atoms with Crippen LogP contribution in [0.3, 0.4) is 0 Å². The Bertz CT molecular complexity index is 1090. The van der Waals surface area contributed by atoms with Crippen LogP contribution >= 0.6 is 0 Å². The van der Waals surface area contributed by atoms with Crippen LogP contribution in [0.5, 0.6) is 0 Å². The number of hydrogen-bond donors (Lipinski definition) is 0. The van der Waals surface area contributed by atoms with Gasteiger partial charge in [0.25, 0.3) is 0 Å². The largest absolute Gasteiger partial charge is 0.377 e. The first-order valence-electron chi connectivity index (χ1n) is 13.5. The lowest BCUT2D eigenvalue weighted by Gasteiger charge is -2.34. The first-order chi connectivity index (χ1) is 16.8. The standard InChI is InChI=1S/C30H36F4O/c1-4-17(5-2)24-11-10-19(15-35-24)23-14-21-12-20-13-22(18-8-6-16(3)7-9-18)27(31)29(33)25(20)26(21)30(34)28(23)32/h13-14,16-19,24H,4-12,15H2,1-3H3. The zero-order valence-electron chi connectivity index (χ0n) is 21.0. The van der Waals surface area contributed by atoms with Gasteiger partial charge in [0.15, 0.2) is 23.3 Å². The minimum Gasteiger partial charge on any atom is -0.377 e. The normalized spacial score (nSPS) is 26.2. The maximum absolute atomic E-state index is 15.4. The van der Waals surface area contributed by atoms with Gasteiger partial charge < -0.3 is 4.74 Å². The Labute approximate surface area is 206 Å². The number of rotatable bonds is 5. The van der Waals surface area contributed by atoms with Crippen molar-refractivity contribution in [1.29, 1.82) is 0 Å². The lowest BCUT2D eigenvalue weighted by Crippen LogP contribution is -2.31. The van der Waals surface area contributed by atoms with Crippen LogP contribution in [0.1, 0.15) is 106 Å². The van der Waals surface area contributed by atoms with Gasteiger partial charge in [-0.15, -0.1) is 0 Å². The Kier molecular flexibility index (Phi) is 7.00. The third-order valence-electron chi connectivity index (χ3n) is 9.05. The molecule has 190 valence electrons. The molecule has 0 aromatic heterocycles. The van der Waals surface area contributed by atoms with Crippen LogP contribution < -0.4 is 0 Å². The van der Waals surface area contributed by atoms with E-state index in [1.165, 1.54) is 0 Å². The van der Waals surface area contributed by atoms with Crippen LogP contribution in [0.4, 0.5) is 17.6 Å². The SMILES string of the molecule is CCC(CC)C1CCC(c2cc3c(c(F)c2F)-c2c(cc(C4CCC(C)CC4)c(F)c2F)C3)CO1. The van der Waals surface area contributed by atoms with Gasteiger partial charge in [0.1, 0.15) is 0 Å². The monoisotopic (exact) mass is 488 g/mol. The Morgan fingerprint density at radius 2 is 1.26 bits per heavy atom. The molecule has 3 aliphatic rings. The van der Waals surface area contributed by atoms with Gasteiger partial charge in [-0.25, -0.2) is 17.6 Å². The first kappa shape index (κ1) is 24.8. The average Bonchev–Trinajstić information content (AvgIpc) is 3.24. The van der Waals surface area contributed by atoms with Crippen LogP contribution in [0.15, 0.2) is 12.1 Å². The van der Waals surface area contributed by atoms with E-state index >= 15 is 17.6 Å². The second-order valence-corrected chi connectivity index (χ2v) is 11.1. The minimum absolute atomic E-state index is 0.0192. The van der Waals surface area contributed by atoms with Gasteiger partial charge in [-0.3, -0.25) is 0 Å². The van der Waals surface area contributed by atoms with Crippen LogP contribution in [0, 0.1) is 35.1 Å². The molecule has 0 amide bonds. The molecular weight excluding hydrogens is 452 g/mol. The molecule has 2 fully saturated rings. The quantitative estimate of drug-likeness (QED) is 0.326. The van der Waals surface area contributed by atoms with Gasteiger partial charge >= 0.3 is 0 Å². The van der Waals surface area contributed by atoms with Crippen molar-refractivity contribution < 1.29 is 22.3 Å². The van der Waals surface area contributed by atoms with Crippen LogP contribution in [0.25, 0.3) is 11.1 Å². The van der Waals surface area contributed by atoms with E-state index in [-0.39, 0.29) is 29.1 Å². The van der Waals surface area contributed by atoms with Crippen LogP contribution in [-0.4, -0.2) is 12.7 Å². The summed E-state index contributed by atoms with van der Waals surface area (Å²) >= 11 is 0. The molecule has 2 aliphatic carbocycles. The molecule has 0 spiro atoms. The zero-order valence-corrected chi connectivity index (χ0v) is 21.0. The fourth-order valence-corrected chi connectivity index (χ4v) is 6.79. The van der Waals surface area contributed by atoms with E-state index in [4.69, 9.17) is 4.74 Å². The summed E-state index contributed by atoms with van der Waals surface area (Å²) in [5.74, 6) is -3.11. The van der Waals surface area contributed by atoms with E-state index in [0.717, 1.165) is 51.4 Å². The average molecular weight is 489 g/mol. The summed E-state index contributed by atoms with van der Waals surface area (Å²) < 4.78 is 67.4. The Morgan fingerprint density at radius 3 is 1.74 bits per heavy atom. The molecule has 2 unspecified atom stereocenters. The van der Waals surface area contributed by atoms with Gasteiger partial charge in [-0.2, -0.15) is 0 Å². The summed E-state index contributed by atoms with van der Waals surface area (Å²) in [4.78, 5) is 0. The van der Waals surface area contributed by atoms with Gasteiger partial charge in [0.2, 0.25) is 0 Å². The maximum atomic E-state index is 15.4. The summed E-state index contributed by atoms with van der Waals surface area (Å²) in [5, 5.41) is 0. The van der Waals surface area contributed by atoms with Crippen molar-refractivity contribution in [3.63, 3.8) is 0 Å². The van der Waals surface area contributed by atoms with E-state index in [1.807, 2.05) is 0 Å². The highest BCUT2D eigenvalue weighted by Crippen LogP contribution is 2.47. The molecule has 0 N–H and O–H groups in total. The first-order valence-corrected chi connectivity index (χ1v) is 13.5. The van der Waals surface area contributed by atoms with Gasteiger partial charge in [0, 0.05) is 17.0 Å². The van der Waals surface area contributed by atoms with Gasteiger partial charge in [-0.05, 0) is 72.1 Å². The molecule has 35 heavy (non-hydrogen) atoms. The molecule has 1 saturated heterocycles. The molecule has 1 heterocycles. The van der Waals surface area contributed by atoms with E-state index in [1.54, 1.807) is 12.1 Å². The number of ether oxygens (including phenoxy) is 1. The second-order valence-electron chi connectivity index (χ2n) is 11.1. The summed E-state index contributed by atoms with van der Waals surface area (Å²) in [5.41, 5.74) is 1.62. The molecule has 0 radical (unpaired) electrons. The van der Waals surface area contributed by atoms with Crippen molar-refractivity contribution in [2.24, 2.45) is 11.8 Å². The fourth-order valence-electron chi connectivity index (χ4n) is 6.79. The van der Waals surface area contributed by atoms with Crippen molar-refractivity contribution in [3.05, 3.63) is 57.7 Å². The van der Waals surface area contributed by atoms with Crippen LogP contribution in [0.2, 0.25) is 0 Å². The summed E-state index contributed by atoms with van der Waals surface area (Å²) in [6.45, 7) is 6.85. The predicted octanol–water partition coefficient (Wildman–Crippen LogP) is 8.81. The smallest absolute Gasteiger partial charge is 0.167 e. The summed E-state index contributed by atoms with van der Waals surface area (Å²) in [7, 11) is 0. The fraction of sp³-hybridized carbons (Fsp3) is 0.600. The number of benzene rings is 2. The molecule has 1 saturated carbocycles. The van der Waals surface area contributed by atoms with E-state index in [2.05, 4.69) is 20.8 Å². The van der Waals surface area contributed by atoms with Gasteiger partial charge in [0.05, 0.1) is 12.7 Å². The third kappa shape index (κ3) is 4.32. The number of hydrogen-bond acceptors (Lipinski definition) is 1. The zero-order chi connectivity index (χ0) is 24.9. The highest BCUT2D eigenvalue weighted by molar-refractivity contribution is 5.79.